The number of hydrogen-bond acceptors (Lipinski definition) is 2. The number of piperidine rings is 1. The highest BCUT2D eigenvalue weighted by Gasteiger charge is 2.13. The van der Waals surface area contributed by atoms with E-state index < -0.39 is 0 Å². The van der Waals surface area contributed by atoms with Gasteiger partial charge in [0.05, 0.1) is 0 Å². The predicted octanol–water partition coefficient (Wildman–Crippen LogP) is 3.35. The number of nitrogens with zero attached hydrogens (tertiary/aromatic N) is 1. The maximum absolute atomic E-state index is 13.2. The highest BCUT2D eigenvalue weighted by Crippen LogP contribution is 2.12. The van der Waals surface area contributed by atoms with Crippen LogP contribution in [0.1, 0.15) is 37.3 Å². The quantitative estimate of drug-likeness (QED) is 0.858. The third-order valence-corrected chi connectivity index (χ3v) is 4.14. The third-order valence-electron chi connectivity index (χ3n) is 4.14. The van der Waals surface area contributed by atoms with E-state index in [0.29, 0.717) is 5.92 Å². The van der Waals surface area contributed by atoms with Crippen LogP contribution in [-0.4, -0.2) is 31.1 Å². The molecular weight excluding hydrogens is 251 g/mol. The van der Waals surface area contributed by atoms with E-state index in [-0.39, 0.29) is 5.82 Å². The first-order valence-electron chi connectivity index (χ1n) is 7.83. The van der Waals surface area contributed by atoms with Crippen molar-refractivity contribution in [2.24, 2.45) is 5.92 Å². The van der Waals surface area contributed by atoms with Gasteiger partial charge in [-0.1, -0.05) is 19.4 Å². The summed E-state index contributed by atoms with van der Waals surface area (Å²) in [6, 6.07) is 5.01. The molecule has 1 unspecified atom stereocenters. The van der Waals surface area contributed by atoms with E-state index in [1.807, 2.05) is 13.0 Å². The standard InChI is InChI=1S/C17H27FN2/c1-14(13-20-8-4-3-5-9-20)11-19-12-16-10-17(18)7-6-15(16)2/h6-7,10,14,19H,3-5,8-9,11-13H2,1-2H3. The summed E-state index contributed by atoms with van der Waals surface area (Å²) < 4.78 is 13.2. The number of benzene rings is 1. The fourth-order valence-corrected chi connectivity index (χ4v) is 2.93. The molecule has 0 aliphatic carbocycles. The number of aryl methyl sites for hydroxylation is 1. The fourth-order valence-electron chi connectivity index (χ4n) is 2.93. The van der Waals surface area contributed by atoms with E-state index in [4.69, 9.17) is 0 Å². The zero-order chi connectivity index (χ0) is 14.4. The molecule has 1 aliphatic rings. The van der Waals surface area contributed by atoms with Crippen molar-refractivity contribution < 1.29 is 4.39 Å². The van der Waals surface area contributed by atoms with Gasteiger partial charge in [-0.25, -0.2) is 4.39 Å². The second kappa shape index (κ2) is 7.75. The first kappa shape index (κ1) is 15.5. The number of nitrogens with one attached hydrogen (secondary N) is 1. The first-order valence-corrected chi connectivity index (χ1v) is 7.83. The van der Waals surface area contributed by atoms with Crippen molar-refractivity contribution in [1.82, 2.24) is 10.2 Å². The van der Waals surface area contributed by atoms with E-state index in [1.54, 1.807) is 6.07 Å². The Morgan fingerprint density at radius 2 is 2.00 bits per heavy atom. The summed E-state index contributed by atoms with van der Waals surface area (Å²) in [6.45, 7) is 9.77. The van der Waals surface area contributed by atoms with Gasteiger partial charge < -0.3 is 10.2 Å². The number of halogens is 1. The molecule has 1 aromatic rings. The van der Waals surface area contributed by atoms with Crippen molar-refractivity contribution in [2.45, 2.75) is 39.7 Å². The van der Waals surface area contributed by atoms with E-state index in [0.717, 1.165) is 24.2 Å². The SMILES string of the molecule is Cc1ccc(F)cc1CNCC(C)CN1CCCCC1. The molecule has 2 nitrogen and oxygen atoms in total. The van der Waals surface area contributed by atoms with E-state index in [1.165, 1.54) is 45.0 Å². The van der Waals surface area contributed by atoms with Crippen molar-refractivity contribution in [2.75, 3.05) is 26.2 Å². The van der Waals surface area contributed by atoms with Crippen LogP contribution in [0, 0.1) is 18.7 Å². The molecule has 1 saturated heterocycles. The lowest BCUT2D eigenvalue weighted by Crippen LogP contribution is -2.36. The molecule has 0 aromatic heterocycles. The molecule has 1 aromatic carbocycles. The van der Waals surface area contributed by atoms with Gasteiger partial charge in [-0.05, 0) is 68.6 Å². The summed E-state index contributed by atoms with van der Waals surface area (Å²) >= 11 is 0. The summed E-state index contributed by atoms with van der Waals surface area (Å²) in [7, 11) is 0. The molecule has 1 N–H and O–H groups in total. The molecule has 0 radical (unpaired) electrons. The van der Waals surface area contributed by atoms with Gasteiger partial charge in [0.15, 0.2) is 0 Å². The summed E-state index contributed by atoms with van der Waals surface area (Å²) in [6.07, 6.45) is 4.09. The van der Waals surface area contributed by atoms with Crippen LogP contribution in [0.15, 0.2) is 18.2 Å². The molecule has 0 bridgehead atoms. The smallest absolute Gasteiger partial charge is 0.123 e. The monoisotopic (exact) mass is 278 g/mol. The Bertz CT molecular complexity index is 413. The van der Waals surface area contributed by atoms with E-state index >= 15 is 0 Å². The van der Waals surface area contributed by atoms with Gasteiger partial charge in [-0.15, -0.1) is 0 Å². The molecule has 1 atom stereocenters. The normalized spacial score (nSPS) is 18.1. The Morgan fingerprint density at radius 1 is 1.25 bits per heavy atom. The molecule has 2 rings (SSSR count). The molecule has 3 heteroatoms. The first-order chi connectivity index (χ1) is 9.65. The largest absolute Gasteiger partial charge is 0.312 e. The summed E-state index contributed by atoms with van der Waals surface area (Å²) in [4.78, 5) is 2.57. The molecule has 0 spiro atoms. The third kappa shape index (κ3) is 4.88. The average molecular weight is 278 g/mol. The van der Waals surface area contributed by atoms with Crippen LogP contribution >= 0.6 is 0 Å². The predicted molar refractivity (Wildman–Crippen MR) is 82.3 cm³/mol. The average Bonchev–Trinajstić information content (AvgIpc) is 2.44. The van der Waals surface area contributed by atoms with E-state index in [2.05, 4.69) is 17.1 Å². The minimum atomic E-state index is -0.145. The Morgan fingerprint density at radius 3 is 2.75 bits per heavy atom. The van der Waals surface area contributed by atoms with Gasteiger partial charge >= 0.3 is 0 Å². The van der Waals surface area contributed by atoms with Crippen LogP contribution in [-0.2, 0) is 6.54 Å². The highest BCUT2D eigenvalue weighted by molar-refractivity contribution is 5.26. The second-order valence-electron chi connectivity index (χ2n) is 6.17. The molecule has 1 fully saturated rings. The van der Waals surface area contributed by atoms with E-state index in [9.17, 15) is 4.39 Å². The minimum Gasteiger partial charge on any atom is -0.312 e. The van der Waals surface area contributed by atoms with Gasteiger partial charge in [0.1, 0.15) is 5.82 Å². The van der Waals surface area contributed by atoms with Gasteiger partial charge in [-0.3, -0.25) is 0 Å². The number of rotatable bonds is 6. The Labute approximate surface area is 122 Å². The zero-order valence-electron chi connectivity index (χ0n) is 12.8. The van der Waals surface area contributed by atoms with Crippen molar-refractivity contribution in [3.63, 3.8) is 0 Å². The van der Waals surface area contributed by atoms with Crippen LogP contribution in [0.3, 0.4) is 0 Å². The van der Waals surface area contributed by atoms with Crippen molar-refractivity contribution in [3.05, 3.63) is 35.1 Å². The van der Waals surface area contributed by atoms with Crippen molar-refractivity contribution in [3.8, 4) is 0 Å². The number of likely N-dealkylation sites (tertiary alicyclic amines) is 1. The zero-order valence-corrected chi connectivity index (χ0v) is 12.8. The Kier molecular flexibility index (Phi) is 5.99. The highest BCUT2D eigenvalue weighted by atomic mass is 19.1. The number of hydrogen-bond donors (Lipinski definition) is 1. The lowest BCUT2D eigenvalue weighted by molar-refractivity contribution is 0.199. The summed E-state index contributed by atoms with van der Waals surface area (Å²) in [5.74, 6) is 0.496. The summed E-state index contributed by atoms with van der Waals surface area (Å²) in [5.41, 5.74) is 2.22. The molecule has 20 heavy (non-hydrogen) atoms. The van der Waals surface area contributed by atoms with Crippen LogP contribution < -0.4 is 5.32 Å². The van der Waals surface area contributed by atoms with Gasteiger partial charge in [0, 0.05) is 13.1 Å². The molecule has 0 saturated carbocycles. The van der Waals surface area contributed by atoms with Gasteiger partial charge in [0.2, 0.25) is 0 Å². The molecule has 1 heterocycles. The van der Waals surface area contributed by atoms with Crippen LogP contribution in [0.5, 0.6) is 0 Å². The molecule has 0 amide bonds. The summed E-state index contributed by atoms with van der Waals surface area (Å²) in [5, 5.41) is 3.47. The lowest BCUT2D eigenvalue weighted by atomic mass is 10.1. The minimum absolute atomic E-state index is 0.145. The maximum atomic E-state index is 13.2. The topological polar surface area (TPSA) is 15.3 Å². The van der Waals surface area contributed by atoms with Crippen LogP contribution in [0.25, 0.3) is 0 Å². The van der Waals surface area contributed by atoms with Crippen LogP contribution in [0.4, 0.5) is 4.39 Å². The Balaban J connectivity index is 1.70. The van der Waals surface area contributed by atoms with Crippen molar-refractivity contribution >= 4 is 0 Å². The van der Waals surface area contributed by atoms with Gasteiger partial charge in [-0.2, -0.15) is 0 Å². The Hall–Kier alpha value is -0.930. The fraction of sp³-hybridized carbons (Fsp3) is 0.647. The molecule has 112 valence electrons. The van der Waals surface area contributed by atoms with Crippen molar-refractivity contribution in [1.29, 1.82) is 0 Å². The van der Waals surface area contributed by atoms with Gasteiger partial charge in [0.25, 0.3) is 0 Å². The van der Waals surface area contributed by atoms with Crippen LogP contribution in [0.2, 0.25) is 0 Å². The second-order valence-corrected chi connectivity index (χ2v) is 6.17. The lowest BCUT2D eigenvalue weighted by Gasteiger charge is -2.29. The molecular formula is C17H27FN2. The maximum Gasteiger partial charge on any atom is 0.123 e. The molecule has 1 aliphatic heterocycles.